The Hall–Kier alpha value is 1.31. The maximum absolute atomic E-state index is 10.1. The van der Waals surface area contributed by atoms with Crippen molar-refractivity contribution in [3.05, 3.63) is 0 Å². The van der Waals surface area contributed by atoms with E-state index in [0.29, 0.717) is 0 Å². The van der Waals surface area contributed by atoms with Gasteiger partial charge in [0.15, 0.2) is 6.29 Å². The molecule has 5 atom stereocenters. The van der Waals surface area contributed by atoms with Crippen LogP contribution in [0.25, 0.3) is 0 Å². The van der Waals surface area contributed by atoms with Gasteiger partial charge in [-0.25, -0.2) is 8.42 Å². The van der Waals surface area contributed by atoms with Gasteiger partial charge in [0.2, 0.25) is 10.4 Å². The van der Waals surface area contributed by atoms with Gasteiger partial charge in [-0.2, -0.15) is 0 Å². The van der Waals surface area contributed by atoms with Crippen molar-refractivity contribution in [2.45, 2.75) is 30.6 Å². The van der Waals surface area contributed by atoms with Crippen molar-refractivity contribution in [2.24, 2.45) is 5.73 Å². The fraction of sp³-hybridized carbons (Fsp3) is 1.00. The second-order valence-corrected chi connectivity index (χ2v) is 4.37. The molecule has 0 spiro atoms. The molecule has 9 nitrogen and oxygen atoms in total. The molecule has 1 aliphatic rings. The van der Waals surface area contributed by atoms with Gasteiger partial charge >= 0.3 is 51.4 Å². The average molecular weight is 297 g/mol. The molecule has 17 heavy (non-hydrogen) atoms. The van der Waals surface area contributed by atoms with E-state index in [1.165, 1.54) is 0 Å². The molecular weight excluding hydrogens is 285 g/mol. The van der Waals surface area contributed by atoms with Crippen molar-refractivity contribution >= 4 is 10.4 Å². The van der Waals surface area contributed by atoms with E-state index in [1.54, 1.807) is 0 Å². The summed E-state index contributed by atoms with van der Waals surface area (Å²) in [6.45, 7) is -0.812. The third-order valence-electron chi connectivity index (χ3n) is 2.15. The Morgan fingerprint density at radius 2 is 1.82 bits per heavy atom. The number of ether oxygens (including phenoxy) is 1. The van der Waals surface area contributed by atoms with Crippen LogP contribution in [0.15, 0.2) is 0 Å². The van der Waals surface area contributed by atoms with Crippen molar-refractivity contribution in [3.63, 3.8) is 0 Å². The molecule has 5 N–H and O–H groups in total. The Kier molecular flexibility index (Phi) is 7.74. The summed E-state index contributed by atoms with van der Waals surface area (Å²) >= 11 is 0. The van der Waals surface area contributed by atoms with E-state index in [4.69, 9.17) is 10.8 Å². The molecule has 0 bridgehead atoms. The number of nitrogens with two attached hydrogens (primary N) is 1. The summed E-state index contributed by atoms with van der Waals surface area (Å²) in [5.74, 6) is 0. The fourth-order valence-corrected chi connectivity index (χ4v) is 1.56. The maximum Gasteiger partial charge on any atom is 1.00 e. The number of hydrogen-bond donors (Lipinski definition) is 4. The first kappa shape index (κ1) is 18.3. The number of aliphatic hydroxyl groups is 3. The predicted molar refractivity (Wildman–Crippen MR) is 46.5 cm³/mol. The van der Waals surface area contributed by atoms with Crippen LogP contribution in [0.4, 0.5) is 0 Å². The molecule has 1 saturated heterocycles. The van der Waals surface area contributed by atoms with Crippen LogP contribution in [0.2, 0.25) is 0 Å². The average Bonchev–Trinajstić information content (AvgIpc) is 2.17. The predicted octanol–water partition coefficient (Wildman–Crippen LogP) is -6.77. The Morgan fingerprint density at radius 1 is 1.29 bits per heavy atom. The molecule has 0 aromatic rings. The normalized spacial score (nSPS) is 38.5. The zero-order valence-electron chi connectivity index (χ0n) is 8.96. The molecule has 0 amide bonds. The largest absolute Gasteiger partial charge is 1.00 e. The summed E-state index contributed by atoms with van der Waals surface area (Å²) in [7, 11) is -4.93. The first-order chi connectivity index (χ1) is 7.22. The molecule has 0 saturated carbocycles. The van der Waals surface area contributed by atoms with E-state index in [1.807, 2.05) is 0 Å². The molecule has 0 aromatic heterocycles. The van der Waals surface area contributed by atoms with Crippen molar-refractivity contribution in [3.8, 4) is 0 Å². The molecule has 1 fully saturated rings. The van der Waals surface area contributed by atoms with Crippen LogP contribution in [-0.4, -0.2) is 65.5 Å². The van der Waals surface area contributed by atoms with Gasteiger partial charge in [0.25, 0.3) is 0 Å². The smallest absolute Gasteiger partial charge is 0.726 e. The summed E-state index contributed by atoms with van der Waals surface area (Å²) in [4.78, 5) is 0. The molecule has 1 rings (SSSR count). The van der Waals surface area contributed by atoms with Crippen LogP contribution >= 0.6 is 0 Å². The van der Waals surface area contributed by atoms with Gasteiger partial charge in [-0.15, -0.1) is 0 Å². The van der Waals surface area contributed by atoms with Gasteiger partial charge in [0.1, 0.15) is 18.3 Å². The van der Waals surface area contributed by atoms with Crippen LogP contribution in [0.5, 0.6) is 0 Å². The van der Waals surface area contributed by atoms with Gasteiger partial charge in [-0.05, 0) is 0 Å². The molecule has 0 aromatic carbocycles. The van der Waals surface area contributed by atoms with Gasteiger partial charge in [0, 0.05) is 0 Å². The van der Waals surface area contributed by atoms with E-state index in [-0.39, 0.29) is 51.4 Å². The maximum atomic E-state index is 10.1. The first-order valence-electron chi connectivity index (χ1n) is 4.28. The Morgan fingerprint density at radius 3 is 2.29 bits per heavy atom. The van der Waals surface area contributed by atoms with Crippen molar-refractivity contribution < 1.29 is 88.6 Å². The van der Waals surface area contributed by atoms with E-state index in [2.05, 4.69) is 8.92 Å². The third kappa shape index (κ3) is 5.44. The minimum Gasteiger partial charge on any atom is -0.726 e. The van der Waals surface area contributed by atoms with E-state index in [9.17, 15) is 23.2 Å². The zero-order chi connectivity index (χ0) is 12.5. The quantitative estimate of drug-likeness (QED) is 0.225. The fourth-order valence-electron chi connectivity index (χ4n) is 1.25. The van der Waals surface area contributed by atoms with Crippen LogP contribution in [0, 0.1) is 0 Å². The number of aliphatic hydroxyl groups excluding tert-OH is 3. The van der Waals surface area contributed by atoms with Gasteiger partial charge < -0.3 is 30.3 Å². The number of hydrogen-bond acceptors (Lipinski definition) is 9. The number of rotatable bonds is 3. The monoisotopic (exact) mass is 297 g/mol. The SMILES string of the molecule is N[C@H]1C(O)O[C@H](COS(=O)(=O)[O-])[C@@H](O)[C@@H]1O.[K+]. The second kappa shape index (κ2) is 7.19. The van der Waals surface area contributed by atoms with Gasteiger partial charge in [0.05, 0.1) is 12.6 Å². The molecular formula is C6H12KNO8S. The molecule has 0 radical (unpaired) electrons. The molecule has 0 aliphatic carbocycles. The van der Waals surface area contributed by atoms with Crippen LogP contribution in [0.1, 0.15) is 0 Å². The van der Waals surface area contributed by atoms with Crippen LogP contribution < -0.4 is 57.1 Å². The van der Waals surface area contributed by atoms with E-state index in [0.717, 1.165) is 0 Å². The second-order valence-electron chi connectivity index (χ2n) is 3.32. The van der Waals surface area contributed by atoms with E-state index >= 15 is 0 Å². The third-order valence-corrected chi connectivity index (χ3v) is 2.57. The summed E-state index contributed by atoms with van der Waals surface area (Å²) in [5.41, 5.74) is 5.25. The summed E-state index contributed by atoms with van der Waals surface area (Å²) in [6, 6.07) is -1.23. The van der Waals surface area contributed by atoms with Crippen LogP contribution in [-0.2, 0) is 19.3 Å². The Labute approximate surface area is 140 Å². The standard InChI is InChI=1S/C6H13NO8S.K/c7-3-5(9)4(8)2(15-6(3)10)1-14-16(11,12)13;/h2-6,8-10H,1,7H2,(H,11,12,13);/q;+1/p-1/t2-,3-,4-,5-,6?;/m1./s1. The van der Waals surface area contributed by atoms with Gasteiger partial charge in [-0.1, -0.05) is 0 Å². The van der Waals surface area contributed by atoms with Crippen LogP contribution in [0.3, 0.4) is 0 Å². The molecule has 1 unspecified atom stereocenters. The van der Waals surface area contributed by atoms with Crippen molar-refractivity contribution in [1.29, 1.82) is 0 Å². The Bertz CT molecular complexity index is 337. The minimum absolute atomic E-state index is 0. The van der Waals surface area contributed by atoms with Gasteiger partial charge in [-0.3, -0.25) is 4.18 Å². The molecule has 1 aliphatic heterocycles. The zero-order valence-corrected chi connectivity index (χ0v) is 12.9. The summed E-state index contributed by atoms with van der Waals surface area (Å²) < 4.78 is 38.9. The molecule has 1 heterocycles. The summed E-state index contributed by atoms with van der Waals surface area (Å²) in [6.07, 6.45) is -6.00. The van der Waals surface area contributed by atoms with Crippen molar-refractivity contribution in [2.75, 3.05) is 6.61 Å². The molecule has 96 valence electrons. The Balaban J connectivity index is 0.00000256. The van der Waals surface area contributed by atoms with Crippen molar-refractivity contribution in [1.82, 2.24) is 0 Å². The first-order valence-corrected chi connectivity index (χ1v) is 5.61. The molecule has 11 heteroatoms. The minimum atomic E-state index is -4.93. The topological polar surface area (TPSA) is 162 Å². The summed E-state index contributed by atoms with van der Waals surface area (Å²) in [5, 5.41) is 27.9. The van der Waals surface area contributed by atoms with E-state index < -0.39 is 47.6 Å².